The smallest absolute Gasteiger partial charge is 0.298 e. The third kappa shape index (κ3) is 2.71. The highest BCUT2D eigenvalue weighted by molar-refractivity contribution is 5.81. The molecular weight excluding hydrogens is 342 g/mol. The van der Waals surface area contributed by atoms with E-state index in [-0.39, 0.29) is 5.56 Å². The molecule has 3 heterocycles. The van der Waals surface area contributed by atoms with E-state index >= 15 is 0 Å². The molecule has 0 N–H and O–H groups in total. The molecule has 1 aliphatic rings. The first kappa shape index (κ1) is 15.9. The minimum absolute atomic E-state index is 0.0210. The number of rotatable bonds is 2. The van der Waals surface area contributed by atoms with Crippen LogP contribution in [-0.2, 0) is 7.05 Å². The Hall–Kier alpha value is -3.35. The molecule has 1 saturated heterocycles. The van der Waals surface area contributed by atoms with Gasteiger partial charge in [-0.15, -0.1) is 0 Å². The molecule has 2 aromatic heterocycles. The Morgan fingerprint density at radius 2 is 1.74 bits per heavy atom. The van der Waals surface area contributed by atoms with Crippen LogP contribution in [0.2, 0.25) is 0 Å². The van der Waals surface area contributed by atoms with Crippen molar-refractivity contribution in [1.82, 2.24) is 14.5 Å². The molecule has 0 unspecified atom stereocenters. The molecule has 5 rings (SSSR count). The Morgan fingerprint density at radius 3 is 2.56 bits per heavy atom. The highest BCUT2D eigenvalue weighted by atomic mass is 16.4. The van der Waals surface area contributed by atoms with Gasteiger partial charge in [-0.2, -0.15) is 4.98 Å². The quantitative estimate of drug-likeness (QED) is 0.546. The van der Waals surface area contributed by atoms with Crippen molar-refractivity contribution in [1.29, 1.82) is 0 Å². The van der Waals surface area contributed by atoms with E-state index in [1.54, 1.807) is 13.4 Å². The van der Waals surface area contributed by atoms with Crippen molar-refractivity contribution in [2.24, 2.45) is 7.05 Å². The number of benzene rings is 2. The zero-order chi connectivity index (χ0) is 18.4. The summed E-state index contributed by atoms with van der Waals surface area (Å²) in [6, 6.07) is 14.4. The predicted octanol–water partition coefficient (Wildman–Crippen LogP) is 2.40. The second-order valence-corrected chi connectivity index (χ2v) is 6.80. The summed E-state index contributed by atoms with van der Waals surface area (Å²) in [7, 11) is 1.72. The van der Waals surface area contributed by atoms with Gasteiger partial charge in [0.05, 0.1) is 17.2 Å². The van der Waals surface area contributed by atoms with Crippen molar-refractivity contribution in [3.63, 3.8) is 0 Å². The average Bonchev–Trinajstić information content (AvgIpc) is 3.15. The Balaban J connectivity index is 1.36. The fraction of sp³-hybridized carbons (Fsp3) is 0.250. The average molecular weight is 361 g/mol. The number of fused-ring (bicyclic) bond motifs is 2. The summed E-state index contributed by atoms with van der Waals surface area (Å²) in [6.07, 6.45) is 1.57. The molecular formula is C20H19N5O2. The van der Waals surface area contributed by atoms with Gasteiger partial charge in [0.1, 0.15) is 5.52 Å². The van der Waals surface area contributed by atoms with Crippen molar-refractivity contribution >= 4 is 33.7 Å². The fourth-order valence-corrected chi connectivity index (χ4v) is 3.55. The van der Waals surface area contributed by atoms with Crippen LogP contribution in [0.1, 0.15) is 0 Å². The Kier molecular flexibility index (Phi) is 3.60. The second-order valence-electron chi connectivity index (χ2n) is 6.80. The minimum atomic E-state index is -0.0210. The topological polar surface area (TPSA) is 67.4 Å². The molecule has 136 valence electrons. The Bertz CT molecular complexity index is 1150. The lowest BCUT2D eigenvalue weighted by Gasteiger charge is -2.35. The van der Waals surface area contributed by atoms with Gasteiger partial charge < -0.3 is 18.8 Å². The minimum Gasteiger partial charge on any atom is -0.423 e. The standard InChI is InChI=1S/C20H19N5O2/c1-23-13-21-17-12-14(6-7-15(17)19(23)26)24-8-10-25(11-9-24)20-22-16-4-2-3-5-18(16)27-20/h2-7,12-13H,8-11H2,1H3. The third-order valence-corrected chi connectivity index (χ3v) is 5.10. The molecule has 0 bridgehead atoms. The monoisotopic (exact) mass is 361 g/mol. The summed E-state index contributed by atoms with van der Waals surface area (Å²) < 4.78 is 7.38. The van der Waals surface area contributed by atoms with Gasteiger partial charge in [-0.05, 0) is 30.3 Å². The van der Waals surface area contributed by atoms with Crippen molar-refractivity contribution in [3.05, 3.63) is 59.1 Å². The maximum atomic E-state index is 12.2. The molecule has 0 spiro atoms. The zero-order valence-corrected chi connectivity index (χ0v) is 15.0. The summed E-state index contributed by atoms with van der Waals surface area (Å²) in [6.45, 7) is 3.37. The van der Waals surface area contributed by atoms with Gasteiger partial charge in [0, 0.05) is 38.9 Å². The molecule has 1 fully saturated rings. The molecule has 1 aliphatic heterocycles. The van der Waals surface area contributed by atoms with Gasteiger partial charge >= 0.3 is 0 Å². The van der Waals surface area contributed by atoms with E-state index in [1.807, 2.05) is 42.5 Å². The molecule has 0 saturated carbocycles. The van der Waals surface area contributed by atoms with Crippen molar-refractivity contribution in [3.8, 4) is 0 Å². The van der Waals surface area contributed by atoms with Gasteiger partial charge in [-0.3, -0.25) is 4.79 Å². The predicted molar refractivity (Wildman–Crippen MR) is 105 cm³/mol. The molecule has 0 radical (unpaired) electrons. The van der Waals surface area contributed by atoms with Crippen LogP contribution in [0.3, 0.4) is 0 Å². The number of piperazine rings is 1. The largest absolute Gasteiger partial charge is 0.423 e. The third-order valence-electron chi connectivity index (χ3n) is 5.10. The number of oxazole rings is 1. The summed E-state index contributed by atoms with van der Waals surface area (Å²) in [5, 5.41) is 0.647. The lowest BCUT2D eigenvalue weighted by molar-refractivity contribution is 0.542. The number of aromatic nitrogens is 3. The van der Waals surface area contributed by atoms with E-state index in [0.717, 1.165) is 48.5 Å². The van der Waals surface area contributed by atoms with Crippen LogP contribution in [0.4, 0.5) is 11.7 Å². The van der Waals surface area contributed by atoms with Crippen LogP contribution in [0, 0.1) is 0 Å². The molecule has 7 nitrogen and oxygen atoms in total. The second kappa shape index (κ2) is 6.12. The van der Waals surface area contributed by atoms with Gasteiger partial charge in [0.2, 0.25) is 0 Å². The molecule has 0 amide bonds. The van der Waals surface area contributed by atoms with Gasteiger partial charge in [0.15, 0.2) is 5.58 Å². The van der Waals surface area contributed by atoms with Crippen molar-refractivity contribution < 1.29 is 4.42 Å². The zero-order valence-electron chi connectivity index (χ0n) is 15.0. The summed E-state index contributed by atoms with van der Waals surface area (Å²) >= 11 is 0. The van der Waals surface area contributed by atoms with Gasteiger partial charge in [-0.1, -0.05) is 12.1 Å². The molecule has 0 aliphatic carbocycles. The first-order valence-corrected chi connectivity index (χ1v) is 9.00. The molecule has 4 aromatic rings. The number of aryl methyl sites for hydroxylation is 1. The van der Waals surface area contributed by atoms with E-state index in [1.165, 1.54) is 4.57 Å². The normalized spacial score (nSPS) is 15.0. The van der Waals surface area contributed by atoms with Crippen LogP contribution >= 0.6 is 0 Å². The summed E-state index contributed by atoms with van der Waals surface area (Å²) in [4.78, 5) is 25.6. The molecule has 2 aromatic carbocycles. The number of para-hydroxylation sites is 2. The summed E-state index contributed by atoms with van der Waals surface area (Å²) in [5.41, 5.74) is 3.50. The van der Waals surface area contributed by atoms with Crippen molar-refractivity contribution in [2.75, 3.05) is 36.0 Å². The van der Waals surface area contributed by atoms with E-state index in [2.05, 4.69) is 19.8 Å². The molecule has 27 heavy (non-hydrogen) atoms. The van der Waals surface area contributed by atoms with Gasteiger partial charge in [0.25, 0.3) is 11.6 Å². The SMILES string of the molecule is Cn1cnc2cc(N3CCN(c4nc5ccccc5o4)CC3)ccc2c1=O. The number of anilines is 2. The maximum absolute atomic E-state index is 12.2. The first-order valence-electron chi connectivity index (χ1n) is 9.00. The van der Waals surface area contributed by atoms with Crippen LogP contribution in [0.5, 0.6) is 0 Å². The lowest BCUT2D eigenvalue weighted by Crippen LogP contribution is -2.46. The first-order chi connectivity index (χ1) is 13.2. The van der Waals surface area contributed by atoms with Gasteiger partial charge in [-0.25, -0.2) is 4.98 Å². The molecule has 7 heteroatoms. The van der Waals surface area contributed by atoms with Crippen LogP contribution in [0.25, 0.3) is 22.0 Å². The maximum Gasteiger partial charge on any atom is 0.298 e. The van der Waals surface area contributed by atoms with Crippen LogP contribution in [-0.4, -0.2) is 40.7 Å². The summed E-state index contributed by atoms with van der Waals surface area (Å²) in [5.74, 6) is 0. The van der Waals surface area contributed by atoms with Crippen LogP contribution in [0.15, 0.2) is 58.0 Å². The lowest BCUT2D eigenvalue weighted by atomic mass is 10.2. The Labute approximate surface area is 155 Å². The van der Waals surface area contributed by atoms with Crippen molar-refractivity contribution in [2.45, 2.75) is 0 Å². The highest BCUT2D eigenvalue weighted by Crippen LogP contribution is 2.25. The van der Waals surface area contributed by atoms with Crippen LogP contribution < -0.4 is 15.4 Å². The number of nitrogens with zero attached hydrogens (tertiary/aromatic N) is 5. The highest BCUT2D eigenvalue weighted by Gasteiger charge is 2.21. The van der Waals surface area contributed by atoms with E-state index in [0.29, 0.717) is 11.4 Å². The fourth-order valence-electron chi connectivity index (χ4n) is 3.55. The van der Waals surface area contributed by atoms with E-state index in [4.69, 9.17) is 4.42 Å². The molecule has 0 atom stereocenters. The number of hydrogen-bond donors (Lipinski definition) is 0. The number of hydrogen-bond acceptors (Lipinski definition) is 6. The Morgan fingerprint density at radius 1 is 0.963 bits per heavy atom. The van der Waals surface area contributed by atoms with E-state index < -0.39 is 0 Å². The van der Waals surface area contributed by atoms with E-state index in [9.17, 15) is 4.79 Å².